The molecule has 21 heavy (non-hydrogen) atoms. The fraction of sp³-hybridized carbons (Fsp3) is 0.647. The van der Waals surface area contributed by atoms with E-state index in [0.29, 0.717) is 6.54 Å². The Labute approximate surface area is 128 Å². The van der Waals surface area contributed by atoms with Crippen LogP contribution < -0.4 is 10.6 Å². The van der Waals surface area contributed by atoms with E-state index in [-0.39, 0.29) is 5.82 Å². The Hall–Kier alpha value is -1.13. The van der Waals surface area contributed by atoms with Crippen LogP contribution in [0, 0.1) is 5.82 Å². The number of rotatable bonds is 10. The van der Waals surface area contributed by atoms with Gasteiger partial charge in [-0.05, 0) is 69.7 Å². The summed E-state index contributed by atoms with van der Waals surface area (Å²) < 4.78 is 13.4. The van der Waals surface area contributed by atoms with Gasteiger partial charge >= 0.3 is 0 Å². The highest BCUT2D eigenvalue weighted by Crippen LogP contribution is 2.22. The molecule has 0 heterocycles. The van der Waals surface area contributed by atoms with Crippen LogP contribution in [0.4, 0.5) is 10.1 Å². The molecule has 1 aromatic carbocycles. The summed E-state index contributed by atoms with van der Waals surface area (Å²) >= 11 is 0. The standard InChI is InChI=1S/C17H30FN3/c1-4-20(5-2)12-7-13-21(6-3)17-9-8-16(18)14-15(17)10-11-19/h8-9,14H,4-7,10-13,19H2,1-3H3. The Balaban J connectivity index is 2.71. The number of benzene rings is 1. The van der Waals surface area contributed by atoms with E-state index in [9.17, 15) is 4.39 Å². The summed E-state index contributed by atoms with van der Waals surface area (Å²) in [6, 6.07) is 5.05. The third kappa shape index (κ3) is 5.64. The predicted octanol–water partition coefficient (Wildman–Crippen LogP) is 2.89. The minimum atomic E-state index is -0.179. The van der Waals surface area contributed by atoms with E-state index < -0.39 is 0 Å². The van der Waals surface area contributed by atoms with Gasteiger partial charge in [0, 0.05) is 18.8 Å². The van der Waals surface area contributed by atoms with Crippen molar-refractivity contribution in [2.75, 3.05) is 44.2 Å². The largest absolute Gasteiger partial charge is 0.372 e. The summed E-state index contributed by atoms with van der Waals surface area (Å²) in [6.45, 7) is 12.3. The first-order chi connectivity index (χ1) is 10.2. The van der Waals surface area contributed by atoms with Crippen molar-refractivity contribution in [3.63, 3.8) is 0 Å². The van der Waals surface area contributed by atoms with Crippen molar-refractivity contribution in [3.8, 4) is 0 Å². The first-order valence-corrected chi connectivity index (χ1v) is 8.11. The lowest BCUT2D eigenvalue weighted by molar-refractivity contribution is 0.300. The van der Waals surface area contributed by atoms with Gasteiger partial charge in [-0.25, -0.2) is 4.39 Å². The zero-order valence-corrected chi connectivity index (χ0v) is 13.7. The average Bonchev–Trinajstić information content (AvgIpc) is 2.49. The molecule has 0 aliphatic rings. The number of nitrogens with zero attached hydrogens (tertiary/aromatic N) is 2. The molecule has 4 heteroatoms. The topological polar surface area (TPSA) is 32.5 Å². The fourth-order valence-electron chi connectivity index (χ4n) is 2.69. The van der Waals surface area contributed by atoms with E-state index in [1.807, 2.05) is 6.07 Å². The van der Waals surface area contributed by atoms with Gasteiger partial charge in [-0.3, -0.25) is 0 Å². The summed E-state index contributed by atoms with van der Waals surface area (Å²) in [4.78, 5) is 4.76. The van der Waals surface area contributed by atoms with Gasteiger partial charge in [-0.15, -0.1) is 0 Å². The molecule has 0 bridgehead atoms. The highest BCUT2D eigenvalue weighted by molar-refractivity contribution is 5.54. The Kier molecular flexibility index (Phi) is 8.31. The van der Waals surface area contributed by atoms with Crippen molar-refractivity contribution in [2.45, 2.75) is 33.6 Å². The zero-order valence-electron chi connectivity index (χ0n) is 13.7. The molecule has 0 saturated heterocycles. The van der Waals surface area contributed by atoms with Crippen molar-refractivity contribution >= 4 is 5.69 Å². The number of hydrogen-bond acceptors (Lipinski definition) is 3. The Morgan fingerprint density at radius 2 is 1.76 bits per heavy atom. The van der Waals surface area contributed by atoms with Crippen LogP contribution in [0.5, 0.6) is 0 Å². The van der Waals surface area contributed by atoms with E-state index in [4.69, 9.17) is 5.73 Å². The monoisotopic (exact) mass is 295 g/mol. The molecule has 1 aromatic rings. The van der Waals surface area contributed by atoms with Gasteiger partial charge in [-0.2, -0.15) is 0 Å². The Bertz CT molecular complexity index is 405. The number of nitrogens with two attached hydrogens (primary N) is 1. The molecule has 0 unspecified atom stereocenters. The fourth-order valence-corrected chi connectivity index (χ4v) is 2.69. The molecule has 1 rings (SSSR count). The number of anilines is 1. The summed E-state index contributed by atoms with van der Waals surface area (Å²) in [7, 11) is 0. The Morgan fingerprint density at radius 1 is 1.05 bits per heavy atom. The molecule has 0 fully saturated rings. The molecule has 2 N–H and O–H groups in total. The molecule has 3 nitrogen and oxygen atoms in total. The molecule has 0 aliphatic carbocycles. The van der Waals surface area contributed by atoms with Crippen molar-refractivity contribution in [3.05, 3.63) is 29.6 Å². The summed E-state index contributed by atoms with van der Waals surface area (Å²) in [5.74, 6) is -0.179. The summed E-state index contributed by atoms with van der Waals surface area (Å²) in [6.07, 6.45) is 1.84. The van der Waals surface area contributed by atoms with Crippen molar-refractivity contribution in [1.82, 2.24) is 4.90 Å². The van der Waals surface area contributed by atoms with Crippen LogP contribution in [0.25, 0.3) is 0 Å². The summed E-state index contributed by atoms with van der Waals surface area (Å²) in [5, 5.41) is 0. The molecule has 120 valence electrons. The number of hydrogen-bond donors (Lipinski definition) is 1. The molecule has 0 spiro atoms. The lowest BCUT2D eigenvalue weighted by Gasteiger charge is -2.27. The first-order valence-electron chi connectivity index (χ1n) is 8.11. The molecular formula is C17H30FN3. The lowest BCUT2D eigenvalue weighted by Crippen LogP contribution is -2.30. The first kappa shape index (κ1) is 17.9. The van der Waals surface area contributed by atoms with Crippen LogP contribution in [-0.2, 0) is 6.42 Å². The minimum Gasteiger partial charge on any atom is -0.372 e. The second-order valence-corrected chi connectivity index (χ2v) is 5.27. The molecule has 0 saturated carbocycles. The zero-order chi connectivity index (χ0) is 15.7. The van der Waals surface area contributed by atoms with Crippen LogP contribution in [0.1, 0.15) is 32.8 Å². The van der Waals surface area contributed by atoms with Gasteiger partial charge in [-0.1, -0.05) is 13.8 Å². The molecule has 0 aromatic heterocycles. The summed E-state index contributed by atoms with van der Waals surface area (Å²) in [5.41, 5.74) is 7.79. The van der Waals surface area contributed by atoms with Crippen molar-refractivity contribution in [1.29, 1.82) is 0 Å². The van der Waals surface area contributed by atoms with Crippen LogP contribution in [-0.4, -0.2) is 44.2 Å². The SMILES string of the molecule is CCN(CC)CCCN(CC)c1ccc(F)cc1CCN. The highest BCUT2D eigenvalue weighted by Gasteiger charge is 2.11. The molecule has 0 aliphatic heterocycles. The average molecular weight is 295 g/mol. The Morgan fingerprint density at radius 3 is 2.33 bits per heavy atom. The quantitative estimate of drug-likeness (QED) is 0.720. The van der Waals surface area contributed by atoms with Crippen LogP contribution in [0.15, 0.2) is 18.2 Å². The molecule has 0 atom stereocenters. The third-order valence-corrected chi connectivity index (χ3v) is 3.97. The van der Waals surface area contributed by atoms with Crippen LogP contribution >= 0.6 is 0 Å². The van der Waals surface area contributed by atoms with Gasteiger partial charge in [0.1, 0.15) is 5.82 Å². The van der Waals surface area contributed by atoms with Gasteiger partial charge in [0.25, 0.3) is 0 Å². The maximum absolute atomic E-state index is 13.4. The van der Waals surface area contributed by atoms with E-state index in [2.05, 4.69) is 30.6 Å². The van der Waals surface area contributed by atoms with Crippen molar-refractivity contribution < 1.29 is 4.39 Å². The van der Waals surface area contributed by atoms with Crippen LogP contribution in [0.3, 0.4) is 0 Å². The molecule has 0 radical (unpaired) electrons. The van der Waals surface area contributed by atoms with E-state index in [0.717, 1.165) is 56.8 Å². The maximum atomic E-state index is 13.4. The van der Waals surface area contributed by atoms with E-state index in [1.165, 1.54) is 0 Å². The van der Waals surface area contributed by atoms with Crippen LogP contribution in [0.2, 0.25) is 0 Å². The minimum absolute atomic E-state index is 0.179. The third-order valence-electron chi connectivity index (χ3n) is 3.97. The lowest BCUT2D eigenvalue weighted by atomic mass is 10.1. The van der Waals surface area contributed by atoms with E-state index in [1.54, 1.807) is 12.1 Å². The number of halogens is 1. The normalized spacial score (nSPS) is 11.1. The van der Waals surface area contributed by atoms with Gasteiger partial charge < -0.3 is 15.5 Å². The van der Waals surface area contributed by atoms with Crippen molar-refractivity contribution in [2.24, 2.45) is 5.73 Å². The predicted molar refractivity (Wildman–Crippen MR) is 89.5 cm³/mol. The maximum Gasteiger partial charge on any atom is 0.123 e. The molecule has 0 amide bonds. The van der Waals surface area contributed by atoms with Gasteiger partial charge in [0.05, 0.1) is 0 Å². The van der Waals surface area contributed by atoms with Gasteiger partial charge in [0.2, 0.25) is 0 Å². The smallest absolute Gasteiger partial charge is 0.123 e. The second kappa shape index (κ2) is 9.74. The van der Waals surface area contributed by atoms with Gasteiger partial charge in [0.15, 0.2) is 0 Å². The van der Waals surface area contributed by atoms with E-state index >= 15 is 0 Å². The second-order valence-electron chi connectivity index (χ2n) is 5.27. The molecular weight excluding hydrogens is 265 g/mol. The highest BCUT2D eigenvalue weighted by atomic mass is 19.1.